The lowest BCUT2D eigenvalue weighted by molar-refractivity contribution is -0.139. The number of carbonyl (C=O) groups is 2. The molecule has 2 aromatic rings. The molecule has 7 heteroatoms. The number of benzene rings is 1. The van der Waals surface area contributed by atoms with Gasteiger partial charge in [0.2, 0.25) is 0 Å². The summed E-state index contributed by atoms with van der Waals surface area (Å²) < 4.78 is 10.1. The molecule has 2 rings (SSSR count). The lowest BCUT2D eigenvalue weighted by atomic mass is 10.1. The number of hydrogen-bond donors (Lipinski definition) is 2. The Morgan fingerprint density at radius 2 is 2.00 bits per heavy atom. The average Bonchev–Trinajstić information content (AvgIpc) is 2.43. The molecule has 2 N–H and O–H groups in total. The van der Waals surface area contributed by atoms with E-state index in [1.807, 2.05) is 0 Å². The van der Waals surface area contributed by atoms with Crippen molar-refractivity contribution in [3.05, 3.63) is 30.0 Å². The molecule has 0 atom stereocenters. The minimum absolute atomic E-state index is 0.150. The topological polar surface area (TPSA) is 106 Å². The average molecular weight is 277 g/mol. The Balaban J connectivity index is 2.57. The lowest BCUT2D eigenvalue weighted by Gasteiger charge is -2.09. The van der Waals surface area contributed by atoms with Crippen molar-refractivity contribution < 1.29 is 29.3 Å². The second-order valence-electron chi connectivity index (χ2n) is 3.88. The Morgan fingerprint density at radius 1 is 1.25 bits per heavy atom. The fourth-order valence-corrected chi connectivity index (χ4v) is 1.67. The summed E-state index contributed by atoms with van der Waals surface area (Å²) in [5.41, 5.74) is 0.121. The van der Waals surface area contributed by atoms with Crippen molar-refractivity contribution in [2.75, 3.05) is 13.7 Å². The second kappa shape index (κ2) is 5.43. The zero-order chi connectivity index (χ0) is 14.7. The van der Waals surface area contributed by atoms with E-state index >= 15 is 0 Å². The van der Waals surface area contributed by atoms with Gasteiger partial charge in [0.1, 0.15) is 11.5 Å². The Bertz CT molecular complexity index is 682. The second-order valence-corrected chi connectivity index (χ2v) is 3.88. The number of carboxylic acid groups (broad SMARTS) is 2. The number of aromatic carboxylic acids is 1. The first-order valence-electron chi connectivity index (χ1n) is 5.58. The first kappa shape index (κ1) is 13.6. The highest BCUT2D eigenvalue weighted by molar-refractivity contribution is 5.93. The Hall–Kier alpha value is -2.83. The molecule has 0 aliphatic heterocycles. The first-order valence-corrected chi connectivity index (χ1v) is 5.58. The number of aromatic nitrogens is 1. The molecule has 20 heavy (non-hydrogen) atoms. The molecule has 0 aliphatic carbocycles. The van der Waals surface area contributed by atoms with Crippen molar-refractivity contribution in [2.45, 2.75) is 0 Å². The largest absolute Gasteiger partial charge is 0.497 e. The van der Waals surface area contributed by atoms with Crippen LogP contribution in [0.4, 0.5) is 0 Å². The van der Waals surface area contributed by atoms with Gasteiger partial charge in [-0.05, 0) is 12.1 Å². The van der Waals surface area contributed by atoms with Crippen LogP contribution in [0.2, 0.25) is 0 Å². The van der Waals surface area contributed by atoms with Gasteiger partial charge in [-0.1, -0.05) is 0 Å². The quantitative estimate of drug-likeness (QED) is 0.850. The number of rotatable bonds is 5. The molecule has 0 saturated carbocycles. The number of carboxylic acids is 2. The van der Waals surface area contributed by atoms with Crippen molar-refractivity contribution in [2.24, 2.45) is 0 Å². The normalized spacial score (nSPS) is 10.2. The van der Waals surface area contributed by atoms with E-state index in [1.165, 1.54) is 13.2 Å². The van der Waals surface area contributed by atoms with Crippen LogP contribution < -0.4 is 9.47 Å². The van der Waals surface area contributed by atoms with E-state index in [0.29, 0.717) is 16.7 Å². The van der Waals surface area contributed by atoms with Crippen molar-refractivity contribution >= 4 is 22.8 Å². The number of pyridine rings is 1. The molecule has 0 radical (unpaired) electrons. The van der Waals surface area contributed by atoms with E-state index in [1.54, 1.807) is 18.2 Å². The predicted octanol–water partition coefficient (Wildman–Crippen LogP) is 1.40. The van der Waals surface area contributed by atoms with E-state index in [2.05, 4.69) is 4.98 Å². The van der Waals surface area contributed by atoms with E-state index < -0.39 is 18.5 Å². The van der Waals surface area contributed by atoms with Crippen LogP contribution in [0.25, 0.3) is 10.9 Å². The van der Waals surface area contributed by atoms with E-state index in [4.69, 9.17) is 19.7 Å². The van der Waals surface area contributed by atoms with Crippen LogP contribution in [0.5, 0.6) is 11.5 Å². The van der Waals surface area contributed by atoms with Gasteiger partial charge in [0.15, 0.2) is 12.3 Å². The molecule has 1 aromatic heterocycles. The summed E-state index contributed by atoms with van der Waals surface area (Å²) in [7, 11) is 1.48. The summed E-state index contributed by atoms with van der Waals surface area (Å²) in [6.45, 7) is -0.565. The van der Waals surface area contributed by atoms with Crippen LogP contribution in [0.1, 0.15) is 10.5 Å². The van der Waals surface area contributed by atoms with E-state index in [-0.39, 0.29) is 11.4 Å². The minimum atomic E-state index is -1.23. The molecule has 0 fully saturated rings. The zero-order valence-corrected chi connectivity index (χ0v) is 10.5. The Labute approximate surface area is 113 Å². The fourth-order valence-electron chi connectivity index (χ4n) is 1.67. The third kappa shape index (κ3) is 2.77. The van der Waals surface area contributed by atoms with Crippen LogP contribution in [0, 0.1) is 0 Å². The SMILES string of the molecule is COc1ccc2c(OCC(=O)O)cc(C(=O)O)nc2c1. The highest BCUT2D eigenvalue weighted by atomic mass is 16.5. The molecule has 0 saturated heterocycles. The number of aliphatic carboxylic acids is 1. The molecule has 0 spiro atoms. The molecule has 0 aliphatic rings. The van der Waals surface area contributed by atoms with Crippen LogP contribution >= 0.6 is 0 Å². The van der Waals surface area contributed by atoms with Crippen molar-refractivity contribution in [3.63, 3.8) is 0 Å². The molecular formula is C13H11NO6. The monoisotopic (exact) mass is 277 g/mol. The Morgan fingerprint density at radius 3 is 2.60 bits per heavy atom. The summed E-state index contributed by atoms with van der Waals surface area (Å²) in [5, 5.41) is 18.1. The van der Waals surface area contributed by atoms with Gasteiger partial charge in [0.05, 0.1) is 12.6 Å². The van der Waals surface area contributed by atoms with E-state index in [9.17, 15) is 9.59 Å². The third-order valence-electron chi connectivity index (χ3n) is 2.55. The van der Waals surface area contributed by atoms with Crippen molar-refractivity contribution in [3.8, 4) is 11.5 Å². The first-order chi connectivity index (χ1) is 9.51. The van der Waals surface area contributed by atoms with Gasteiger partial charge < -0.3 is 19.7 Å². The lowest BCUT2D eigenvalue weighted by Crippen LogP contribution is -2.11. The molecule has 0 amide bonds. The maximum absolute atomic E-state index is 11.0. The van der Waals surface area contributed by atoms with E-state index in [0.717, 1.165) is 0 Å². The molecule has 0 unspecified atom stereocenters. The molecule has 0 bridgehead atoms. The third-order valence-corrected chi connectivity index (χ3v) is 2.55. The summed E-state index contributed by atoms with van der Waals surface area (Å²) in [4.78, 5) is 25.5. The van der Waals surface area contributed by atoms with Gasteiger partial charge in [-0.3, -0.25) is 0 Å². The number of nitrogens with zero attached hydrogens (tertiary/aromatic N) is 1. The van der Waals surface area contributed by atoms with Gasteiger partial charge in [0.25, 0.3) is 0 Å². The fraction of sp³-hybridized carbons (Fsp3) is 0.154. The van der Waals surface area contributed by atoms with Crippen LogP contribution in [0.15, 0.2) is 24.3 Å². The standard InChI is InChI=1S/C13H11NO6/c1-19-7-2-3-8-9(4-7)14-10(13(17)18)5-11(8)20-6-12(15)16/h2-5H,6H2,1H3,(H,15,16)(H,17,18). The summed E-state index contributed by atoms with van der Waals surface area (Å²) in [6.07, 6.45) is 0. The van der Waals surface area contributed by atoms with Gasteiger partial charge in [0, 0.05) is 17.5 Å². The smallest absolute Gasteiger partial charge is 0.354 e. The molecule has 104 valence electrons. The zero-order valence-electron chi connectivity index (χ0n) is 10.5. The maximum atomic E-state index is 11.0. The van der Waals surface area contributed by atoms with Crippen LogP contribution in [0.3, 0.4) is 0 Å². The molecule has 1 aromatic carbocycles. The van der Waals surface area contributed by atoms with Gasteiger partial charge in [-0.25, -0.2) is 14.6 Å². The minimum Gasteiger partial charge on any atom is -0.497 e. The highest BCUT2D eigenvalue weighted by Gasteiger charge is 2.13. The van der Waals surface area contributed by atoms with Crippen molar-refractivity contribution in [1.82, 2.24) is 4.98 Å². The molecule has 1 heterocycles. The number of hydrogen-bond acceptors (Lipinski definition) is 5. The summed E-state index contributed by atoms with van der Waals surface area (Å²) in [6, 6.07) is 6.03. The summed E-state index contributed by atoms with van der Waals surface area (Å²) in [5.74, 6) is -1.72. The summed E-state index contributed by atoms with van der Waals surface area (Å²) >= 11 is 0. The number of methoxy groups -OCH3 is 1. The number of ether oxygens (including phenoxy) is 2. The number of fused-ring (bicyclic) bond motifs is 1. The predicted molar refractivity (Wildman–Crippen MR) is 68.4 cm³/mol. The van der Waals surface area contributed by atoms with Crippen molar-refractivity contribution in [1.29, 1.82) is 0 Å². The van der Waals surface area contributed by atoms with Gasteiger partial charge >= 0.3 is 11.9 Å². The molecular weight excluding hydrogens is 266 g/mol. The van der Waals surface area contributed by atoms with Crippen LogP contribution in [-0.4, -0.2) is 40.9 Å². The van der Waals surface area contributed by atoms with Gasteiger partial charge in [-0.15, -0.1) is 0 Å². The maximum Gasteiger partial charge on any atom is 0.354 e. The van der Waals surface area contributed by atoms with Gasteiger partial charge in [-0.2, -0.15) is 0 Å². The Kier molecular flexibility index (Phi) is 3.69. The molecule has 7 nitrogen and oxygen atoms in total. The van der Waals surface area contributed by atoms with Crippen LogP contribution in [-0.2, 0) is 4.79 Å². The highest BCUT2D eigenvalue weighted by Crippen LogP contribution is 2.28.